The number of nitrogens with one attached hydrogen (secondary N) is 1. The number of rotatable bonds is 5. The molecule has 2 unspecified atom stereocenters. The largest absolute Gasteiger partial charge is 0.481 e. The summed E-state index contributed by atoms with van der Waals surface area (Å²) in [5, 5.41) is 22.4. The Labute approximate surface area is 125 Å². The van der Waals surface area contributed by atoms with Crippen molar-refractivity contribution >= 4 is 28.2 Å². The molecule has 1 amide bonds. The van der Waals surface area contributed by atoms with Gasteiger partial charge in [0, 0.05) is 12.6 Å². The topological polar surface area (TPSA) is 110 Å². The highest BCUT2D eigenvalue weighted by molar-refractivity contribution is 7.17. The molecule has 1 aromatic rings. The summed E-state index contributed by atoms with van der Waals surface area (Å²) in [7, 11) is 0. The Bertz CT molecular complexity index is 557. The lowest BCUT2D eigenvalue weighted by atomic mass is 9.79. The van der Waals surface area contributed by atoms with E-state index in [4.69, 9.17) is 5.11 Å². The third-order valence-corrected chi connectivity index (χ3v) is 4.78. The predicted molar refractivity (Wildman–Crippen MR) is 76.4 cm³/mol. The number of carboxylic acid groups (broad SMARTS) is 1. The molecule has 0 aliphatic heterocycles. The van der Waals surface area contributed by atoms with Crippen LogP contribution in [0.4, 0.5) is 5.00 Å². The van der Waals surface area contributed by atoms with Crippen LogP contribution < -0.4 is 5.32 Å². The van der Waals surface area contributed by atoms with Crippen molar-refractivity contribution in [2.75, 3.05) is 6.54 Å². The summed E-state index contributed by atoms with van der Waals surface area (Å²) < 4.78 is 0. The lowest BCUT2D eigenvalue weighted by molar-refractivity contribution is -0.380. The number of thiophene rings is 1. The molecule has 1 aliphatic carbocycles. The second-order valence-corrected chi connectivity index (χ2v) is 6.16. The molecule has 0 saturated heterocycles. The van der Waals surface area contributed by atoms with E-state index < -0.39 is 16.8 Å². The number of hydrogen-bond donors (Lipinski definition) is 2. The van der Waals surface area contributed by atoms with Crippen LogP contribution in [0.5, 0.6) is 0 Å². The molecule has 1 heterocycles. The van der Waals surface area contributed by atoms with E-state index in [9.17, 15) is 19.7 Å². The summed E-state index contributed by atoms with van der Waals surface area (Å²) in [6.45, 7) is 0.293. The molecule has 0 radical (unpaired) electrons. The van der Waals surface area contributed by atoms with Crippen molar-refractivity contribution in [2.24, 2.45) is 11.8 Å². The van der Waals surface area contributed by atoms with E-state index in [1.54, 1.807) is 0 Å². The van der Waals surface area contributed by atoms with Gasteiger partial charge < -0.3 is 10.4 Å². The lowest BCUT2D eigenvalue weighted by Gasteiger charge is -2.28. The minimum atomic E-state index is -0.819. The summed E-state index contributed by atoms with van der Waals surface area (Å²) in [4.78, 5) is 33.4. The summed E-state index contributed by atoms with van der Waals surface area (Å²) in [6, 6.07) is 2.70. The zero-order valence-corrected chi connectivity index (χ0v) is 12.1. The predicted octanol–water partition coefficient (Wildman–Crippen LogP) is 2.28. The fraction of sp³-hybridized carbons (Fsp3) is 0.538. The molecule has 114 valence electrons. The minimum Gasteiger partial charge on any atom is -0.481 e. The summed E-state index contributed by atoms with van der Waals surface area (Å²) in [5.74, 6) is -1.70. The molecule has 21 heavy (non-hydrogen) atoms. The molecule has 0 aromatic carbocycles. The Kier molecular flexibility index (Phi) is 4.89. The van der Waals surface area contributed by atoms with Crippen LogP contribution in [0.15, 0.2) is 12.1 Å². The quantitative estimate of drug-likeness (QED) is 0.640. The van der Waals surface area contributed by atoms with Gasteiger partial charge in [-0.3, -0.25) is 19.7 Å². The molecule has 2 N–H and O–H groups in total. The van der Waals surface area contributed by atoms with Crippen LogP contribution in [0.25, 0.3) is 0 Å². The number of carbonyl (C=O) groups excluding carboxylic acids is 1. The van der Waals surface area contributed by atoms with E-state index >= 15 is 0 Å². The third kappa shape index (κ3) is 3.78. The molecule has 2 rings (SSSR count). The highest BCUT2D eigenvalue weighted by Gasteiger charge is 2.31. The van der Waals surface area contributed by atoms with Crippen molar-refractivity contribution < 1.29 is 19.6 Å². The third-order valence-electron chi connectivity index (χ3n) is 3.75. The SMILES string of the molecule is O=C(NCC1CCCCC1C(=O)O)c1ccc([N+](=O)[O-])s1. The van der Waals surface area contributed by atoms with Crippen LogP contribution in [0, 0.1) is 22.0 Å². The van der Waals surface area contributed by atoms with Crippen LogP contribution in [0.2, 0.25) is 0 Å². The van der Waals surface area contributed by atoms with E-state index in [-0.39, 0.29) is 21.7 Å². The number of aliphatic carboxylic acids is 1. The Hall–Kier alpha value is -1.96. The maximum absolute atomic E-state index is 11.9. The summed E-state index contributed by atoms with van der Waals surface area (Å²) in [5.41, 5.74) is 0. The molecule has 1 saturated carbocycles. The van der Waals surface area contributed by atoms with Crippen molar-refractivity contribution in [1.82, 2.24) is 5.32 Å². The smallest absolute Gasteiger partial charge is 0.324 e. The molecule has 0 spiro atoms. The first kappa shape index (κ1) is 15.4. The standard InChI is InChI=1S/C13H16N2O5S/c16-12(10-5-6-11(21-10)15(19)20)14-7-8-3-1-2-4-9(8)13(17)18/h5-6,8-9H,1-4,7H2,(H,14,16)(H,17,18). The average Bonchev–Trinajstić information content (AvgIpc) is 2.95. The zero-order valence-electron chi connectivity index (χ0n) is 11.3. The molecule has 8 heteroatoms. The Morgan fingerprint density at radius 2 is 2.10 bits per heavy atom. The molecule has 2 atom stereocenters. The molecule has 1 aromatic heterocycles. The summed E-state index contributed by atoms with van der Waals surface area (Å²) >= 11 is 0.815. The van der Waals surface area contributed by atoms with Crippen molar-refractivity contribution in [3.8, 4) is 0 Å². The minimum absolute atomic E-state index is 0.0739. The first-order chi connectivity index (χ1) is 9.99. The van der Waals surface area contributed by atoms with Crippen LogP contribution in [-0.4, -0.2) is 28.5 Å². The van der Waals surface area contributed by atoms with Gasteiger partial charge in [0.15, 0.2) is 0 Å². The normalized spacial score (nSPS) is 21.7. The van der Waals surface area contributed by atoms with Crippen LogP contribution in [-0.2, 0) is 4.79 Å². The first-order valence-corrected chi connectivity index (χ1v) is 7.56. The van der Waals surface area contributed by atoms with E-state index in [1.165, 1.54) is 12.1 Å². The van der Waals surface area contributed by atoms with Crippen LogP contribution >= 0.6 is 11.3 Å². The van der Waals surface area contributed by atoms with Crippen molar-refractivity contribution in [2.45, 2.75) is 25.7 Å². The summed E-state index contributed by atoms with van der Waals surface area (Å²) in [6.07, 6.45) is 3.29. The molecule has 1 fully saturated rings. The number of carbonyl (C=O) groups is 2. The maximum Gasteiger partial charge on any atom is 0.324 e. The lowest BCUT2D eigenvalue weighted by Crippen LogP contribution is -2.37. The van der Waals surface area contributed by atoms with Gasteiger partial charge in [0.05, 0.1) is 15.7 Å². The molecular formula is C13H16N2O5S. The average molecular weight is 312 g/mol. The van der Waals surface area contributed by atoms with E-state index in [0.29, 0.717) is 13.0 Å². The molecule has 1 aliphatic rings. The molecule has 0 bridgehead atoms. The Balaban J connectivity index is 1.93. The van der Waals surface area contributed by atoms with Gasteiger partial charge >= 0.3 is 11.0 Å². The monoisotopic (exact) mass is 312 g/mol. The fourth-order valence-corrected chi connectivity index (χ4v) is 3.37. The van der Waals surface area contributed by atoms with E-state index in [2.05, 4.69) is 5.32 Å². The van der Waals surface area contributed by atoms with Gasteiger partial charge in [-0.25, -0.2) is 0 Å². The number of nitrogens with zero attached hydrogens (tertiary/aromatic N) is 1. The van der Waals surface area contributed by atoms with Gasteiger partial charge in [0.25, 0.3) is 5.91 Å². The molecular weight excluding hydrogens is 296 g/mol. The second kappa shape index (κ2) is 6.66. The maximum atomic E-state index is 11.9. The Morgan fingerprint density at radius 3 is 2.71 bits per heavy atom. The molecule has 7 nitrogen and oxygen atoms in total. The number of hydrogen-bond acceptors (Lipinski definition) is 5. The van der Waals surface area contributed by atoms with Gasteiger partial charge in [-0.1, -0.05) is 24.2 Å². The number of amides is 1. The first-order valence-electron chi connectivity index (χ1n) is 6.74. The number of carboxylic acids is 1. The second-order valence-electron chi connectivity index (χ2n) is 5.09. The van der Waals surface area contributed by atoms with E-state index in [0.717, 1.165) is 30.6 Å². The highest BCUT2D eigenvalue weighted by Crippen LogP contribution is 2.30. The van der Waals surface area contributed by atoms with Crippen molar-refractivity contribution in [3.63, 3.8) is 0 Å². The van der Waals surface area contributed by atoms with Crippen LogP contribution in [0.3, 0.4) is 0 Å². The van der Waals surface area contributed by atoms with Crippen molar-refractivity contribution in [3.05, 3.63) is 27.1 Å². The number of nitro groups is 1. The van der Waals surface area contributed by atoms with Crippen LogP contribution in [0.1, 0.15) is 35.4 Å². The van der Waals surface area contributed by atoms with E-state index in [1.807, 2.05) is 0 Å². The van der Waals surface area contributed by atoms with Gasteiger partial charge in [-0.2, -0.15) is 0 Å². The van der Waals surface area contributed by atoms with Crippen molar-refractivity contribution in [1.29, 1.82) is 0 Å². The zero-order chi connectivity index (χ0) is 15.4. The van der Waals surface area contributed by atoms with Gasteiger partial charge in [0.1, 0.15) is 0 Å². The van der Waals surface area contributed by atoms with Gasteiger partial charge in [-0.15, -0.1) is 0 Å². The fourth-order valence-electron chi connectivity index (χ4n) is 2.64. The highest BCUT2D eigenvalue weighted by atomic mass is 32.1. The van der Waals surface area contributed by atoms with Gasteiger partial charge in [0.2, 0.25) is 0 Å². The Morgan fingerprint density at radius 1 is 1.38 bits per heavy atom. The van der Waals surface area contributed by atoms with Gasteiger partial charge in [-0.05, 0) is 24.8 Å².